The number of rotatable bonds is 6. The molecule has 2 rings (SSSR count). The lowest BCUT2D eigenvalue weighted by atomic mass is 10.1. The number of methoxy groups -OCH3 is 1. The zero-order valence-corrected chi connectivity index (χ0v) is 11.9. The van der Waals surface area contributed by atoms with Crippen molar-refractivity contribution < 1.29 is 9.13 Å². The molecule has 0 aliphatic carbocycles. The maximum Gasteiger partial charge on any atom is 0.124 e. The molecule has 0 aromatic heterocycles. The van der Waals surface area contributed by atoms with Gasteiger partial charge in [0.15, 0.2) is 0 Å². The first-order valence-corrected chi connectivity index (χ1v) is 6.74. The van der Waals surface area contributed by atoms with E-state index < -0.39 is 0 Å². The second-order valence-corrected chi connectivity index (χ2v) is 4.73. The van der Waals surface area contributed by atoms with Crippen LogP contribution in [0.1, 0.15) is 16.7 Å². The molecule has 21 heavy (non-hydrogen) atoms. The molecule has 0 radical (unpaired) electrons. The van der Waals surface area contributed by atoms with Gasteiger partial charge in [-0.2, -0.15) is 5.26 Å². The second kappa shape index (κ2) is 7.41. The number of nitrogens with one attached hydrogen (secondary N) is 1. The Balaban J connectivity index is 1.81. The molecule has 2 aromatic carbocycles. The minimum atomic E-state index is -0.374. The van der Waals surface area contributed by atoms with Crippen LogP contribution in [0.4, 0.5) is 4.39 Å². The normalized spacial score (nSPS) is 10.1. The number of hydrogen-bond acceptors (Lipinski definition) is 3. The zero-order chi connectivity index (χ0) is 15.1. The summed E-state index contributed by atoms with van der Waals surface area (Å²) in [7, 11) is 1.64. The topological polar surface area (TPSA) is 45.0 Å². The molecular formula is C17H17FN2O. The van der Waals surface area contributed by atoms with E-state index >= 15 is 0 Å². The van der Waals surface area contributed by atoms with Crippen LogP contribution in [0.3, 0.4) is 0 Å². The first kappa shape index (κ1) is 15.0. The number of benzene rings is 2. The SMILES string of the molecule is COc1ccc(CCNCc2cc(F)cc(C#N)c2)cc1. The van der Waals surface area contributed by atoms with Gasteiger partial charge in [-0.05, 0) is 54.4 Å². The lowest BCUT2D eigenvalue weighted by Gasteiger charge is -2.07. The molecule has 2 aromatic rings. The zero-order valence-electron chi connectivity index (χ0n) is 11.9. The molecule has 1 N–H and O–H groups in total. The van der Waals surface area contributed by atoms with E-state index in [0.717, 1.165) is 24.3 Å². The van der Waals surface area contributed by atoms with E-state index in [2.05, 4.69) is 5.32 Å². The van der Waals surface area contributed by atoms with Gasteiger partial charge in [-0.25, -0.2) is 4.39 Å². The third-order valence-corrected chi connectivity index (χ3v) is 3.17. The van der Waals surface area contributed by atoms with Gasteiger partial charge in [-0.3, -0.25) is 0 Å². The quantitative estimate of drug-likeness (QED) is 0.829. The van der Waals surface area contributed by atoms with E-state index in [4.69, 9.17) is 10.00 Å². The first-order chi connectivity index (χ1) is 10.2. The van der Waals surface area contributed by atoms with Crippen molar-refractivity contribution in [1.29, 1.82) is 5.26 Å². The first-order valence-electron chi connectivity index (χ1n) is 6.74. The van der Waals surface area contributed by atoms with Crippen LogP contribution in [0.5, 0.6) is 5.75 Å². The van der Waals surface area contributed by atoms with E-state index in [9.17, 15) is 4.39 Å². The predicted octanol–water partition coefficient (Wildman–Crippen LogP) is 3.04. The minimum Gasteiger partial charge on any atom is -0.497 e. The molecule has 0 aliphatic rings. The summed E-state index contributed by atoms with van der Waals surface area (Å²) in [5, 5.41) is 12.1. The van der Waals surface area contributed by atoms with Crippen LogP contribution in [0.15, 0.2) is 42.5 Å². The number of nitrogens with zero attached hydrogens (tertiary/aromatic N) is 1. The van der Waals surface area contributed by atoms with Crippen molar-refractivity contribution in [3.05, 3.63) is 65.0 Å². The molecule has 0 atom stereocenters. The average molecular weight is 284 g/mol. The number of ether oxygens (including phenoxy) is 1. The minimum absolute atomic E-state index is 0.349. The van der Waals surface area contributed by atoms with Gasteiger partial charge in [-0.1, -0.05) is 12.1 Å². The molecule has 108 valence electrons. The number of nitriles is 1. The van der Waals surface area contributed by atoms with Crippen molar-refractivity contribution in [2.75, 3.05) is 13.7 Å². The Kier molecular flexibility index (Phi) is 5.30. The maximum atomic E-state index is 13.3. The Labute approximate surface area is 124 Å². The highest BCUT2D eigenvalue weighted by Crippen LogP contribution is 2.11. The number of halogens is 1. The van der Waals surface area contributed by atoms with E-state index in [0.29, 0.717) is 12.1 Å². The van der Waals surface area contributed by atoms with E-state index in [1.807, 2.05) is 30.3 Å². The van der Waals surface area contributed by atoms with Crippen molar-refractivity contribution in [3.63, 3.8) is 0 Å². The van der Waals surface area contributed by atoms with Crippen molar-refractivity contribution >= 4 is 0 Å². The monoisotopic (exact) mass is 284 g/mol. The van der Waals surface area contributed by atoms with E-state index in [1.54, 1.807) is 13.2 Å². The van der Waals surface area contributed by atoms with Gasteiger partial charge in [0.2, 0.25) is 0 Å². The second-order valence-electron chi connectivity index (χ2n) is 4.73. The summed E-state index contributed by atoms with van der Waals surface area (Å²) in [5.74, 6) is 0.469. The smallest absolute Gasteiger partial charge is 0.124 e. The summed E-state index contributed by atoms with van der Waals surface area (Å²) < 4.78 is 18.4. The Hall–Kier alpha value is -2.38. The predicted molar refractivity (Wildman–Crippen MR) is 79.5 cm³/mol. The fourth-order valence-corrected chi connectivity index (χ4v) is 2.07. The molecule has 0 heterocycles. The summed E-state index contributed by atoms with van der Waals surface area (Å²) in [5.41, 5.74) is 2.34. The van der Waals surface area contributed by atoms with Crippen LogP contribution in [-0.4, -0.2) is 13.7 Å². The van der Waals surface area contributed by atoms with Crippen LogP contribution in [0, 0.1) is 17.1 Å². The van der Waals surface area contributed by atoms with Crippen molar-refractivity contribution in [1.82, 2.24) is 5.32 Å². The summed E-state index contributed by atoms with van der Waals surface area (Å²) in [4.78, 5) is 0. The molecular weight excluding hydrogens is 267 g/mol. The van der Waals surface area contributed by atoms with Crippen LogP contribution in [0.25, 0.3) is 0 Å². The van der Waals surface area contributed by atoms with E-state index in [-0.39, 0.29) is 5.82 Å². The molecule has 0 saturated carbocycles. The highest BCUT2D eigenvalue weighted by atomic mass is 19.1. The molecule has 0 unspecified atom stereocenters. The third-order valence-electron chi connectivity index (χ3n) is 3.17. The van der Waals surface area contributed by atoms with Gasteiger partial charge in [0.25, 0.3) is 0 Å². The largest absolute Gasteiger partial charge is 0.497 e. The molecule has 0 aliphatic heterocycles. The van der Waals surface area contributed by atoms with E-state index in [1.165, 1.54) is 17.7 Å². The Morgan fingerprint density at radius 2 is 1.90 bits per heavy atom. The Morgan fingerprint density at radius 3 is 2.57 bits per heavy atom. The van der Waals surface area contributed by atoms with Gasteiger partial charge in [0.1, 0.15) is 11.6 Å². The number of hydrogen-bond donors (Lipinski definition) is 1. The fourth-order valence-electron chi connectivity index (χ4n) is 2.07. The summed E-state index contributed by atoms with van der Waals surface area (Å²) in [6.45, 7) is 1.33. The van der Waals surface area contributed by atoms with Gasteiger partial charge in [0, 0.05) is 6.54 Å². The summed E-state index contributed by atoms with van der Waals surface area (Å²) in [6, 6.07) is 14.2. The molecule has 3 nitrogen and oxygen atoms in total. The lowest BCUT2D eigenvalue weighted by Crippen LogP contribution is -2.16. The van der Waals surface area contributed by atoms with Gasteiger partial charge >= 0.3 is 0 Å². The average Bonchev–Trinajstić information content (AvgIpc) is 2.51. The molecule has 4 heteroatoms. The molecule has 0 fully saturated rings. The molecule has 0 amide bonds. The van der Waals surface area contributed by atoms with Gasteiger partial charge < -0.3 is 10.1 Å². The Morgan fingerprint density at radius 1 is 1.14 bits per heavy atom. The molecule has 0 bridgehead atoms. The van der Waals surface area contributed by atoms with Gasteiger partial charge in [-0.15, -0.1) is 0 Å². The van der Waals surface area contributed by atoms with Crippen molar-refractivity contribution in [2.45, 2.75) is 13.0 Å². The summed E-state index contributed by atoms with van der Waals surface area (Å²) >= 11 is 0. The Bertz CT molecular complexity index is 632. The third kappa shape index (κ3) is 4.59. The van der Waals surface area contributed by atoms with Crippen LogP contribution < -0.4 is 10.1 Å². The maximum absolute atomic E-state index is 13.3. The van der Waals surface area contributed by atoms with Crippen molar-refractivity contribution in [3.8, 4) is 11.8 Å². The molecule has 0 saturated heterocycles. The van der Waals surface area contributed by atoms with Crippen LogP contribution in [0.2, 0.25) is 0 Å². The van der Waals surface area contributed by atoms with Gasteiger partial charge in [0.05, 0.1) is 18.7 Å². The standard InChI is InChI=1S/C17H17FN2O/c1-21-17-4-2-13(3-5-17)6-7-20-12-15-8-14(11-19)9-16(18)10-15/h2-5,8-10,20H,6-7,12H2,1H3. The fraction of sp³-hybridized carbons (Fsp3) is 0.235. The van der Waals surface area contributed by atoms with Crippen molar-refractivity contribution in [2.24, 2.45) is 0 Å². The molecule has 0 spiro atoms. The highest BCUT2D eigenvalue weighted by molar-refractivity contribution is 5.33. The van der Waals surface area contributed by atoms with Crippen LogP contribution >= 0.6 is 0 Å². The lowest BCUT2D eigenvalue weighted by molar-refractivity contribution is 0.414. The summed E-state index contributed by atoms with van der Waals surface area (Å²) in [6.07, 6.45) is 0.879. The van der Waals surface area contributed by atoms with Crippen LogP contribution in [-0.2, 0) is 13.0 Å². The highest BCUT2D eigenvalue weighted by Gasteiger charge is 2.00.